The summed E-state index contributed by atoms with van der Waals surface area (Å²) < 4.78 is 11.4. The van der Waals surface area contributed by atoms with Crippen molar-refractivity contribution in [2.45, 2.75) is 39.5 Å². The third kappa shape index (κ3) is 5.69. The van der Waals surface area contributed by atoms with Crippen molar-refractivity contribution in [1.29, 1.82) is 5.41 Å². The van der Waals surface area contributed by atoms with Crippen molar-refractivity contribution in [3.05, 3.63) is 48.5 Å². The zero-order valence-electron chi connectivity index (χ0n) is 15.7. The van der Waals surface area contributed by atoms with Gasteiger partial charge in [-0.2, -0.15) is 0 Å². The summed E-state index contributed by atoms with van der Waals surface area (Å²) in [5, 5.41) is 7.95. The van der Waals surface area contributed by atoms with Gasteiger partial charge >= 0.3 is 0 Å². The van der Waals surface area contributed by atoms with Crippen LogP contribution in [-0.4, -0.2) is 19.2 Å². The van der Waals surface area contributed by atoms with Crippen LogP contribution in [0.1, 0.15) is 39.5 Å². The number of guanidine groups is 1. The quantitative estimate of drug-likeness (QED) is 0.354. The molecule has 2 aromatic rings. The fourth-order valence-corrected chi connectivity index (χ4v) is 2.48. The molecule has 0 radical (unpaired) electrons. The molecule has 2 rings (SSSR count). The Hall–Kier alpha value is -2.69. The van der Waals surface area contributed by atoms with Crippen LogP contribution in [-0.2, 0) is 0 Å². The molecular weight excluding hydrogens is 326 g/mol. The lowest BCUT2D eigenvalue weighted by molar-refractivity contribution is 0.309. The Balaban J connectivity index is 2.09. The smallest absolute Gasteiger partial charge is 0.197 e. The molecule has 0 bridgehead atoms. The van der Waals surface area contributed by atoms with Gasteiger partial charge in [-0.1, -0.05) is 26.7 Å². The molecule has 0 aliphatic heterocycles. The highest BCUT2D eigenvalue weighted by Gasteiger charge is 2.12. The van der Waals surface area contributed by atoms with E-state index in [4.69, 9.17) is 20.6 Å². The Morgan fingerprint density at radius 3 is 1.50 bits per heavy atom. The normalized spacial score (nSPS) is 10.4. The van der Waals surface area contributed by atoms with E-state index in [1.165, 1.54) is 0 Å². The monoisotopic (exact) mass is 355 g/mol. The summed E-state index contributed by atoms with van der Waals surface area (Å²) >= 11 is 0. The van der Waals surface area contributed by atoms with E-state index in [0.717, 1.165) is 48.6 Å². The Morgan fingerprint density at radius 1 is 0.808 bits per heavy atom. The summed E-state index contributed by atoms with van der Waals surface area (Å²) in [5.41, 5.74) is 7.46. The number of benzene rings is 2. The van der Waals surface area contributed by atoms with E-state index < -0.39 is 0 Å². The molecule has 2 aromatic carbocycles. The second-order valence-corrected chi connectivity index (χ2v) is 6.11. The van der Waals surface area contributed by atoms with Crippen LogP contribution in [0.5, 0.6) is 11.5 Å². The highest BCUT2D eigenvalue weighted by Crippen LogP contribution is 2.28. The van der Waals surface area contributed by atoms with Gasteiger partial charge in [0.1, 0.15) is 11.5 Å². The van der Waals surface area contributed by atoms with Crippen LogP contribution in [0.15, 0.2) is 48.5 Å². The Bertz CT molecular complexity index is 615. The predicted octanol–water partition coefficient (Wildman–Crippen LogP) is 5.08. The number of nitrogens with two attached hydrogens (primary N) is 1. The summed E-state index contributed by atoms with van der Waals surface area (Å²) in [6.45, 7) is 5.70. The second kappa shape index (κ2) is 10.3. The largest absolute Gasteiger partial charge is 0.494 e. The Labute approximate surface area is 156 Å². The maximum absolute atomic E-state index is 7.95. The lowest BCUT2D eigenvalue weighted by atomic mass is 10.2. The van der Waals surface area contributed by atoms with Crippen molar-refractivity contribution in [2.75, 3.05) is 18.1 Å². The molecule has 0 atom stereocenters. The van der Waals surface area contributed by atoms with Crippen molar-refractivity contribution in [1.82, 2.24) is 0 Å². The number of unbranched alkanes of at least 4 members (excludes halogenated alkanes) is 2. The van der Waals surface area contributed by atoms with Crippen LogP contribution >= 0.6 is 0 Å². The number of hydrogen-bond donors (Lipinski definition) is 2. The molecule has 5 heteroatoms. The summed E-state index contributed by atoms with van der Waals surface area (Å²) in [6, 6.07) is 15.3. The van der Waals surface area contributed by atoms with Crippen LogP contribution in [0.4, 0.5) is 11.4 Å². The number of anilines is 2. The number of nitrogens with zero attached hydrogens (tertiary/aromatic N) is 1. The molecule has 140 valence electrons. The molecule has 5 nitrogen and oxygen atoms in total. The van der Waals surface area contributed by atoms with Crippen LogP contribution in [0.3, 0.4) is 0 Å². The first-order valence-corrected chi connectivity index (χ1v) is 9.25. The molecular formula is C21H29N3O2. The molecule has 26 heavy (non-hydrogen) atoms. The number of ether oxygens (including phenoxy) is 2. The van der Waals surface area contributed by atoms with Crippen LogP contribution < -0.4 is 20.1 Å². The van der Waals surface area contributed by atoms with Crippen molar-refractivity contribution in [3.8, 4) is 11.5 Å². The standard InChI is InChI=1S/C21H29N3O2/c1-3-5-15-25-19-11-7-17(8-12-19)24(21(22)23)18-9-13-20(14-10-18)26-16-6-4-2/h7-14H,3-6,15-16H2,1-2H3,(H3,22,23). The van der Waals surface area contributed by atoms with E-state index in [2.05, 4.69) is 13.8 Å². The highest BCUT2D eigenvalue weighted by molar-refractivity contribution is 5.99. The Morgan fingerprint density at radius 2 is 1.19 bits per heavy atom. The zero-order chi connectivity index (χ0) is 18.8. The van der Waals surface area contributed by atoms with Gasteiger partial charge in [-0.15, -0.1) is 0 Å². The van der Waals surface area contributed by atoms with Gasteiger partial charge in [0, 0.05) is 11.4 Å². The Kier molecular flexibility index (Phi) is 7.80. The molecule has 0 aliphatic rings. The van der Waals surface area contributed by atoms with Gasteiger partial charge in [0.2, 0.25) is 0 Å². The van der Waals surface area contributed by atoms with E-state index in [9.17, 15) is 0 Å². The minimum Gasteiger partial charge on any atom is -0.494 e. The average molecular weight is 355 g/mol. The summed E-state index contributed by atoms with van der Waals surface area (Å²) in [6.07, 6.45) is 4.28. The van der Waals surface area contributed by atoms with Crippen molar-refractivity contribution in [3.63, 3.8) is 0 Å². The molecule has 0 heterocycles. The first-order valence-electron chi connectivity index (χ1n) is 9.25. The summed E-state index contributed by atoms with van der Waals surface area (Å²) in [5.74, 6) is 1.61. The van der Waals surface area contributed by atoms with Gasteiger partial charge < -0.3 is 15.2 Å². The van der Waals surface area contributed by atoms with Crippen LogP contribution in [0, 0.1) is 5.41 Å². The molecule has 0 aromatic heterocycles. The van der Waals surface area contributed by atoms with Gasteiger partial charge in [-0.05, 0) is 61.4 Å². The number of nitrogens with one attached hydrogen (secondary N) is 1. The fourth-order valence-electron chi connectivity index (χ4n) is 2.48. The van der Waals surface area contributed by atoms with Crippen LogP contribution in [0.25, 0.3) is 0 Å². The fraction of sp³-hybridized carbons (Fsp3) is 0.381. The van der Waals surface area contributed by atoms with E-state index in [1.807, 2.05) is 48.5 Å². The summed E-state index contributed by atoms with van der Waals surface area (Å²) in [7, 11) is 0. The van der Waals surface area contributed by atoms with E-state index in [-0.39, 0.29) is 5.96 Å². The molecule has 0 unspecified atom stereocenters. The maximum atomic E-state index is 7.95. The second-order valence-electron chi connectivity index (χ2n) is 6.11. The molecule has 0 aliphatic carbocycles. The average Bonchev–Trinajstić information content (AvgIpc) is 2.65. The molecule has 0 spiro atoms. The van der Waals surface area contributed by atoms with Crippen molar-refractivity contribution < 1.29 is 9.47 Å². The molecule has 0 fully saturated rings. The third-order valence-corrected chi connectivity index (χ3v) is 3.96. The molecule has 0 saturated carbocycles. The maximum Gasteiger partial charge on any atom is 0.197 e. The number of rotatable bonds is 10. The van der Waals surface area contributed by atoms with E-state index in [1.54, 1.807) is 4.90 Å². The van der Waals surface area contributed by atoms with Gasteiger partial charge in [0.15, 0.2) is 5.96 Å². The minimum atomic E-state index is -0.0377. The molecule has 3 N–H and O–H groups in total. The SMILES string of the molecule is CCCCOc1ccc(N(C(=N)N)c2ccc(OCCCC)cc2)cc1. The van der Waals surface area contributed by atoms with Gasteiger partial charge in [0.05, 0.1) is 13.2 Å². The number of hydrogen-bond acceptors (Lipinski definition) is 3. The molecule has 0 saturated heterocycles. The lowest BCUT2D eigenvalue weighted by Crippen LogP contribution is -2.32. The minimum absolute atomic E-state index is 0.0377. The first kappa shape index (κ1) is 19.6. The van der Waals surface area contributed by atoms with Gasteiger partial charge in [-0.3, -0.25) is 10.3 Å². The topological polar surface area (TPSA) is 71.6 Å². The first-order chi connectivity index (χ1) is 12.7. The summed E-state index contributed by atoms with van der Waals surface area (Å²) in [4.78, 5) is 1.69. The molecule has 0 amide bonds. The van der Waals surface area contributed by atoms with E-state index >= 15 is 0 Å². The third-order valence-electron chi connectivity index (χ3n) is 3.96. The lowest BCUT2D eigenvalue weighted by Gasteiger charge is -2.23. The zero-order valence-corrected chi connectivity index (χ0v) is 15.7. The van der Waals surface area contributed by atoms with Gasteiger partial charge in [-0.25, -0.2) is 0 Å². The van der Waals surface area contributed by atoms with E-state index in [0.29, 0.717) is 13.2 Å². The van der Waals surface area contributed by atoms with Gasteiger partial charge in [0.25, 0.3) is 0 Å². The highest BCUT2D eigenvalue weighted by atomic mass is 16.5. The van der Waals surface area contributed by atoms with Crippen molar-refractivity contribution >= 4 is 17.3 Å². The van der Waals surface area contributed by atoms with Crippen molar-refractivity contribution in [2.24, 2.45) is 5.73 Å². The predicted molar refractivity (Wildman–Crippen MR) is 108 cm³/mol. The van der Waals surface area contributed by atoms with Crippen LogP contribution in [0.2, 0.25) is 0 Å².